The fraction of sp³-hybridized carbons (Fsp3) is 0.240. The van der Waals surface area contributed by atoms with Gasteiger partial charge in [0.1, 0.15) is 17.6 Å². The van der Waals surface area contributed by atoms with Gasteiger partial charge in [0.2, 0.25) is 5.88 Å². The number of nitrogens with one attached hydrogen (secondary N) is 2. The number of benzene rings is 2. The first-order valence-electron chi connectivity index (χ1n) is 11.0. The topological polar surface area (TPSA) is 115 Å². The Morgan fingerprint density at radius 3 is 2.60 bits per heavy atom. The lowest BCUT2D eigenvalue weighted by atomic mass is 9.86. The van der Waals surface area contributed by atoms with Gasteiger partial charge in [0.05, 0.1) is 25.0 Å². The van der Waals surface area contributed by atoms with Crippen molar-refractivity contribution in [2.75, 3.05) is 12.4 Å². The first-order chi connectivity index (χ1) is 16.9. The van der Waals surface area contributed by atoms with Gasteiger partial charge < -0.3 is 14.8 Å². The summed E-state index contributed by atoms with van der Waals surface area (Å²) in [6, 6.07) is 13.0. The number of aliphatic imine (C=N–C) groups is 1. The van der Waals surface area contributed by atoms with Gasteiger partial charge in [0.15, 0.2) is 0 Å². The molecule has 2 amide bonds. The predicted octanol–water partition coefficient (Wildman–Crippen LogP) is 3.30. The lowest BCUT2D eigenvalue weighted by Gasteiger charge is -2.31. The normalized spacial score (nSPS) is 22.2. The second-order valence-corrected chi connectivity index (χ2v) is 8.48. The van der Waals surface area contributed by atoms with E-state index in [1.807, 2.05) is 6.07 Å². The van der Waals surface area contributed by atoms with E-state index < -0.39 is 17.3 Å². The van der Waals surface area contributed by atoms with Gasteiger partial charge in [-0.25, -0.2) is 19.4 Å². The highest BCUT2D eigenvalue weighted by Gasteiger charge is 2.57. The van der Waals surface area contributed by atoms with Crippen LogP contribution in [0.2, 0.25) is 0 Å². The molecule has 10 heteroatoms. The number of carbonyl (C=O) groups excluding carboxylic acids is 2. The van der Waals surface area contributed by atoms with E-state index in [0.717, 1.165) is 0 Å². The van der Waals surface area contributed by atoms with Gasteiger partial charge in [0, 0.05) is 22.7 Å². The largest absolute Gasteiger partial charge is 0.480 e. The van der Waals surface area contributed by atoms with Crippen molar-refractivity contribution in [3.63, 3.8) is 0 Å². The third-order valence-corrected chi connectivity index (χ3v) is 6.15. The quantitative estimate of drug-likeness (QED) is 0.585. The molecule has 0 radical (unpaired) electrons. The number of halogens is 1. The molecule has 2 N–H and O–H groups in total. The molecule has 1 fully saturated rings. The first-order valence-corrected chi connectivity index (χ1v) is 11.0. The number of hydrogen-bond donors (Lipinski definition) is 2. The molecule has 1 saturated carbocycles. The molecule has 0 saturated heterocycles. The lowest BCUT2D eigenvalue weighted by molar-refractivity contribution is 0.0954. The number of anilines is 1. The number of amides is 2. The Kier molecular flexibility index (Phi) is 5.64. The van der Waals surface area contributed by atoms with E-state index in [2.05, 4.69) is 25.6 Å². The number of amidine groups is 1. The molecule has 2 aromatic carbocycles. The third-order valence-electron chi connectivity index (χ3n) is 6.15. The molecule has 1 aliphatic heterocycles. The number of fused-ring (bicyclic) bond motifs is 1. The van der Waals surface area contributed by atoms with Gasteiger partial charge in [-0.3, -0.25) is 14.9 Å². The molecule has 5 rings (SSSR count). The second-order valence-electron chi connectivity index (χ2n) is 8.48. The monoisotopic (exact) mass is 475 g/mol. The summed E-state index contributed by atoms with van der Waals surface area (Å²) >= 11 is 0. The molecule has 178 valence electrons. The molecular formula is C25H22FN5O4. The van der Waals surface area contributed by atoms with Crippen LogP contribution in [0.1, 0.15) is 39.8 Å². The molecule has 0 spiro atoms. The second kappa shape index (κ2) is 8.79. The van der Waals surface area contributed by atoms with E-state index >= 15 is 4.39 Å². The van der Waals surface area contributed by atoms with Crippen LogP contribution >= 0.6 is 0 Å². The zero-order valence-electron chi connectivity index (χ0n) is 19.0. The smallest absolute Gasteiger partial charge is 0.292 e. The van der Waals surface area contributed by atoms with Crippen molar-refractivity contribution in [1.82, 2.24) is 15.3 Å². The van der Waals surface area contributed by atoms with Crippen LogP contribution in [0.3, 0.4) is 0 Å². The Morgan fingerprint density at radius 2 is 1.89 bits per heavy atom. The van der Waals surface area contributed by atoms with Crippen molar-refractivity contribution < 1.29 is 23.5 Å². The van der Waals surface area contributed by atoms with Crippen molar-refractivity contribution in [3.05, 3.63) is 83.6 Å². The molecule has 1 aliphatic carbocycles. The standard InChI is InChI=1S/C25H22FN5O4/c1-25(17-11-20(17)35-24(31-25)30-22(32)14-6-4-3-5-7-14)16-10-15(8-9-18(16)26)29-23(33)19-12-28-21(34-2)13-27-19/h3-10,12-13,17,20H,11H2,1-2H3,(H,29,33)(H,30,31,32)/t17-,20+,25+/m0/s1. The van der Waals surface area contributed by atoms with E-state index in [1.54, 1.807) is 37.3 Å². The molecule has 2 heterocycles. The number of nitrogens with zero attached hydrogens (tertiary/aromatic N) is 3. The minimum Gasteiger partial charge on any atom is -0.480 e. The summed E-state index contributed by atoms with van der Waals surface area (Å²) < 4.78 is 25.8. The summed E-state index contributed by atoms with van der Waals surface area (Å²) in [5, 5.41) is 5.40. The molecule has 35 heavy (non-hydrogen) atoms. The van der Waals surface area contributed by atoms with Crippen LogP contribution in [0.5, 0.6) is 5.88 Å². The van der Waals surface area contributed by atoms with Crippen molar-refractivity contribution in [1.29, 1.82) is 0 Å². The maximum absolute atomic E-state index is 15.0. The average Bonchev–Trinajstić information content (AvgIpc) is 3.66. The van der Waals surface area contributed by atoms with E-state index in [4.69, 9.17) is 9.47 Å². The lowest BCUT2D eigenvalue weighted by Crippen LogP contribution is -2.41. The Labute approximate surface area is 200 Å². The minimum absolute atomic E-state index is 0.0439. The van der Waals surface area contributed by atoms with Crippen LogP contribution in [-0.4, -0.2) is 41.0 Å². The molecule has 9 nitrogen and oxygen atoms in total. The number of ether oxygens (including phenoxy) is 2. The summed E-state index contributed by atoms with van der Waals surface area (Å²) in [6.07, 6.45) is 3.11. The maximum atomic E-state index is 15.0. The van der Waals surface area contributed by atoms with Gasteiger partial charge in [0.25, 0.3) is 17.8 Å². The molecule has 3 atom stereocenters. The summed E-state index contributed by atoms with van der Waals surface area (Å²) in [4.78, 5) is 37.8. The zero-order chi connectivity index (χ0) is 24.6. The van der Waals surface area contributed by atoms with Gasteiger partial charge in [-0.2, -0.15) is 0 Å². The molecule has 2 aliphatic rings. The van der Waals surface area contributed by atoms with Gasteiger partial charge in [-0.15, -0.1) is 0 Å². The number of hydrogen-bond acceptors (Lipinski definition) is 7. The van der Waals surface area contributed by atoms with Crippen LogP contribution in [0.25, 0.3) is 0 Å². The molecule has 1 aromatic heterocycles. The van der Waals surface area contributed by atoms with E-state index in [1.165, 1.54) is 31.6 Å². The van der Waals surface area contributed by atoms with E-state index in [-0.39, 0.29) is 35.5 Å². The SMILES string of the molecule is COc1cnc(C(=O)Nc2ccc(F)c([C@@]3(C)N=C(NC(=O)c4ccccc4)O[C@@H]4C[C@@H]43)c2)cn1. The molecule has 0 bridgehead atoms. The third kappa shape index (κ3) is 4.42. The Bertz CT molecular complexity index is 1320. The minimum atomic E-state index is -0.993. The molecule has 3 aromatic rings. The zero-order valence-corrected chi connectivity index (χ0v) is 19.0. The van der Waals surface area contributed by atoms with Crippen molar-refractivity contribution >= 4 is 23.5 Å². The average molecular weight is 475 g/mol. The van der Waals surface area contributed by atoms with Crippen LogP contribution in [-0.2, 0) is 10.3 Å². The highest BCUT2D eigenvalue weighted by Crippen LogP contribution is 2.53. The van der Waals surface area contributed by atoms with Crippen LogP contribution in [0.4, 0.5) is 10.1 Å². The molecular weight excluding hydrogens is 453 g/mol. The van der Waals surface area contributed by atoms with E-state index in [9.17, 15) is 9.59 Å². The van der Waals surface area contributed by atoms with Crippen molar-refractivity contribution in [2.24, 2.45) is 10.9 Å². The highest BCUT2D eigenvalue weighted by molar-refractivity contribution is 6.04. The highest BCUT2D eigenvalue weighted by atomic mass is 19.1. The predicted molar refractivity (Wildman–Crippen MR) is 125 cm³/mol. The van der Waals surface area contributed by atoms with Crippen LogP contribution < -0.4 is 15.4 Å². The number of carbonyl (C=O) groups is 2. The first kappa shape index (κ1) is 22.5. The number of methoxy groups -OCH3 is 1. The van der Waals surface area contributed by atoms with Crippen molar-refractivity contribution in [2.45, 2.75) is 25.0 Å². The fourth-order valence-corrected chi connectivity index (χ4v) is 4.16. The maximum Gasteiger partial charge on any atom is 0.292 e. The van der Waals surface area contributed by atoms with Crippen LogP contribution in [0.15, 0.2) is 65.9 Å². The fourth-order valence-electron chi connectivity index (χ4n) is 4.16. The van der Waals surface area contributed by atoms with Crippen LogP contribution in [0, 0.1) is 11.7 Å². The Morgan fingerprint density at radius 1 is 1.09 bits per heavy atom. The summed E-state index contributed by atoms with van der Waals surface area (Å²) in [6.45, 7) is 1.80. The van der Waals surface area contributed by atoms with Crippen molar-refractivity contribution in [3.8, 4) is 5.88 Å². The molecule has 0 unspecified atom stereocenters. The summed E-state index contributed by atoms with van der Waals surface area (Å²) in [5.41, 5.74) is 0.209. The summed E-state index contributed by atoms with van der Waals surface area (Å²) in [5.74, 6) is -1.12. The Balaban J connectivity index is 1.40. The summed E-state index contributed by atoms with van der Waals surface area (Å²) in [7, 11) is 1.45. The van der Waals surface area contributed by atoms with Gasteiger partial charge in [-0.05, 0) is 43.7 Å². The van der Waals surface area contributed by atoms with Gasteiger partial charge in [-0.1, -0.05) is 18.2 Å². The van der Waals surface area contributed by atoms with E-state index in [0.29, 0.717) is 23.2 Å². The van der Waals surface area contributed by atoms with Gasteiger partial charge >= 0.3 is 0 Å². The number of aromatic nitrogens is 2. The number of rotatable bonds is 5. The Hall–Kier alpha value is -4.34.